The molecular formula is C31H37NO6S. The summed E-state index contributed by atoms with van der Waals surface area (Å²) >= 11 is 0. The third-order valence-corrected chi connectivity index (χ3v) is 8.46. The van der Waals surface area contributed by atoms with Crippen LogP contribution in [0.15, 0.2) is 80.9 Å². The van der Waals surface area contributed by atoms with E-state index in [1.807, 2.05) is 36.4 Å². The summed E-state index contributed by atoms with van der Waals surface area (Å²) in [5, 5.41) is 4.05. The topological polar surface area (TPSA) is 87.0 Å². The highest BCUT2D eigenvalue weighted by Crippen LogP contribution is 2.35. The zero-order chi connectivity index (χ0) is 27.7. The number of para-hydroxylation sites is 1. The standard InChI is InChI=1S/C31H37NO6S/c1-4-5-10-29-31(26-9-6-7-11-27(26)38-29)39(33,34)25-15-13-24(14-16-25)37-21-8-19-32-20-18-23-12-17-28(35-2)30(22-23)36-3/h6-7,9,11-17,22,32H,4-5,8,10,18-21H2,1-3H3. The van der Waals surface area contributed by atoms with Crippen LogP contribution in [0.5, 0.6) is 17.2 Å². The molecule has 0 atom stereocenters. The van der Waals surface area contributed by atoms with Crippen molar-refractivity contribution in [2.75, 3.05) is 33.9 Å². The minimum Gasteiger partial charge on any atom is -0.494 e. The number of aryl methyl sites for hydroxylation is 1. The first-order chi connectivity index (χ1) is 19.0. The molecule has 0 saturated heterocycles. The van der Waals surface area contributed by atoms with E-state index in [2.05, 4.69) is 12.2 Å². The molecular weight excluding hydrogens is 514 g/mol. The normalized spacial score (nSPS) is 11.6. The van der Waals surface area contributed by atoms with Crippen LogP contribution in [0, 0.1) is 0 Å². The van der Waals surface area contributed by atoms with E-state index in [1.165, 1.54) is 5.56 Å². The maximum Gasteiger partial charge on any atom is 0.210 e. The second kappa shape index (κ2) is 13.5. The molecule has 3 aromatic carbocycles. The highest BCUT2D eigenvalue weighted by Gasteiger charge is 2.27. The highest BCUT2D eigenvalue weighted by atomic mass is 32.2. The second-order valence-electron chi connectivity index (χ2n) is 9.32. The van der Waals surface area contributed by atoms with Gasteiger partial charge in [0.05, 0.1) is 25.7 Å². The molecule has 7 nitrogen and oxygen atoms in total. The predicted octanol–water partition coefficient (Wildman–Crippen LogP) is 6.23. The Morgan fingerprint density at radius 2 is 1.62 bits per heavy atom. The fourth-order valence-corrected chi connectivity index (χ4v) is 6.11. The van der Waals surface area contributed by atoms with Crippen LogP contribution in [0.4, 0.5) is 0 Å². The Kier molecular flexibility index (Phi) is 9.90. The van der Waals surface area contributed by atoms with Crippen molar-refractivity contribution >= 4 is 20.8 Å². The van der Waals surface area contributed by atoms with Crippen LogP contribution in [0.3, 0.4) is 0 Å². The van der Waals surface area contributed by atoms with Gasteiger partial charge in [-0.3, -0.25) is 0 Å². The van der Waals surface area contributed by atoms with E-state index in [0.29, 0.717) is 35.5 Å². The van der Waals surface area contributed by atoms with Gasteiger partial charge in [-0.1, -0.05) is 31.5 Å². The molecule has 0 aliphatic rings. The van der Waals surface area contributed by atoms with Gasteiger partial charge in [0.2, 0.25) is 9.84 Å². The van der Waals surface area contributed by atoms with Crippen LogP contribution >= 0.6 is 0 Å². The maximum atomic E-state index is 13.6. The monoisotopic (exact) mass is 551 g/mol. The van der Waals surface area contributed by atoms with E-state index in [4.69, 9.17) is 18.6 Å². The van der Waals surface area contributed by atoms with Gasteiger partial charge >= 0.3 is 0 Å². The number of sulfone groups is 1. The van der Waals surface area contributed by atoms with Crippen molar-refractivity contribution in [1.82, 2.24) is 5.32 Å². The number of unbranched alkanes of at least 4 members (excludes halogenated alkanes) is 1. The number of methoxy groups -OCH3 is 2. The lowest BCUT2D eigenvalue weighted by Crippen LogP contribution is -2.20. The molecule has 4 aromatic rings. The minimum atomic E-state index is -3.74. The van der Waals surface area contributed by atoms with Crippen LogP contribution in [-0.4, -0.2) is 42.3 Å². The van der Waals surface area contributed by atoms with Gasteiger partial charge in [0.1, 0.15) is 22.0 Å². The number of ether oxygens (including phenoxy) is 3. The SMILES string of the molecule is CCCCc1oc2ccccc2c1S(=O)(=O)c1ccc(OCCCNCCc2ccc(OC)c(OC)c2)cc1. The first kappa shape index (κ1) is 28.5. The molecule has 0 aliphatic heterocycles. The predicted molar refractivity (Wildman–Crippen MR) is 153 cm³/mol. The second-order valence-corrected chi connectivity index (χ2v) is 11.2. The lowest BCUT2D eigenvalue weighted by Gasteiger charge is -2.11. The molecule has 1 aromatic heterocycles. The Bertz CT molecular complexity index is 1460. The molecule has 4 rings (SSSR count). The summed E-state index contributed by atoms with van der Waals surface area (Å²) in [6.45, 7) is 4.26. The van der Waals surface area contributed by atoms with Gasteiger partial charge in [-0.25, -0.2) is 8.42 Å². The van der Waals surface area contributed by atoms with E-state index >= 15 is 0 Å². The summed E-state index contributed by atoms with van der Waals surface area (Å²) in [6.07, 6.45) is 4.11. The molecule has 0 spiro atoms. The zero-order valence-electron chi connectivity index (χ0n) is 22.9. The quantitative estimate of drug-likeness (QED) is 0.175. The van der Waals surface area contributed by atoms with E-state index in [9.17, 15) is 8.42 Å². The Morgan fingerprint density at radius 1 is 0.846 bits per heavy atom. The Labute approximate surface area is 231 Å². The molecule has 0 saturated carbocycles. The van der Waals surface area contributed by atoms with Crippen LogP contribution < -0.4 is 19.5 Å². The third-order valence-electron chi connectivity index (χ3n) is 6.58. The molecule has 0 fully saturated rings. The van der Waals surface area contributed by atoms with Crippen molar-refractivity contribution in [2.24, 2.45) is 0 Å². The third kappa shape index (κ3) is 6.94. The number of hydrogen-bond acceptors (Lipinski definition) is 7. The van der Waals surface area contributed by atoms with Gasteiger partial charge in [0.15, 0.2) is 11.5 Å². The van der Waals surface area contributed by atoms with Crippen molar-refractivity contribution in [3.05, 3.63) is 78.1 Å². The zero-order valence-corrected chi connectivity index (χ0v) is 23.7. The van der Waals surface area contributed by atoms with Crippen molar-refractivity contribution in [2.45, 2.75) is 48.8 Å². The van der Waals surface area contributed by atoms with Gasteiger partial charge < -0.3 is 23.9 Å². The largest absolute Gasteiger partial charge is 0.494 e. The summed E-state index contributed by atoms with van der Waals surface area (Å²) in [5.41, 5.74) is 1.77. The number of furan rings is 1. The molecule has 39 heavy (non-hydrogen) atoms. The van der Waals surface area contributed by atoms with Crippen molar-refractivity contribution in [1.29, 1.82) is 0 Å². The summed E-state index contributed by atoms with van der Waals surface area (Å²) in [6, 6.07) is 19.9. The van der Waals surface area contributed by atoms with Gasteiger partial charge in [0, 0.05) is 11.8 Å². The summed E-state index contributed by atoms with van der Waals surface area (Å²) < 4.78 is 49.7. The molecule has 0 aliphatic carbocycles. The van der Waals surface area contributed by atoms with Crippen molar-refractivity contribution < 1.29 is 27.0 Å². The molecule has 1 heterocycles. The van der Waals surface area contributed by atoms with Crippen LogP contribution in [0.2, 0.25) is 0 Å². The number of hydrogen-bond donors (Lipinski definition) is 1. The van der Waals surface area contributed by atoms with Gasteiger partial charge in [-0.05, 0) is 86.4 Å². The number of benzene rings is 3. The number of rotatable bonds is 15. The highest BCUT2D eigenvalue weighted by molar-refractivity contribution is 7.91. The summed E-state index contributed by atoms with van der Waals surface area (Å²) in [5.74, 6) is 2.63. The minimum absolute atomic E-state index is 0.232. The average Bonchev–Trinajstić information content (AvgIpc) is 3.35. The van der Waals surface area contributed by atoms with E-state index in [0.717, 1.165) is 50.3 Å². The lowest BCUT2D eigenvalue weighted by atomic mass is 10.1. The fraction of sp³-hybridized carbons (Fsp3) is 0.355. The van der Waals surface area contributed by atoms with Crippen LogP contribution in [0.1, 0.15) is 37.5 Å². The molecule has 1 N–H and O–H groups in total. The Balaban J connectivity index is 1.28. The first-order valence-electron chi connectivity index (χ1n) is 13.4. The molecule has 0 radical (unpaired) electrons. The van der Waals surface area contributed by atoms with Gasteiger partial charge in [0.25, 0.3) is 0 Å². The van der Waals surface area contributed by atoms with Crippen LogP contribution in [0.25, 0.3) is 11.0 Å². The maximum absolute atomic E-state index is 13.6. The molecule has 208 valence electrons. The van der Waals surface area contributed by atoms with E-state index < -0.39 is 9.84 Å². The molecule has 8 heteroatoms. The fourth-order valence-electron chi connectivity index (χ4n) is 4.48. The van der Waals surface area contributed by atoms with E-state index in [-0.39, 0.29) is 9.79 Å². The van der Waals surface area contributed by atoms with Crippen molar-refractivity contribution in [3.8, 4) is 17.2 Å². The van der Waals surface area contributed by atoms with Crippen molar-refractivity contribution in [3.63, 3.8) is 0 Å². The Morgan fingerprint density at radius 3 is 2.36 bits per heavy atom. The average molecular weight is 552 g/mol. The van der Waals surface area contributed by atoms with E-state index in [1.54, 1.807) is 44.6 Å². The summed E-state index contributed by atoms with van der Waals surface area (Å²) in [4.78, 5) is 0.510. The first-order valence-corrected chi connectivity index (χ1v) is 14.9. The van der Waals surface area contributed by atoms with Gasteiger partial charge in [-0.15, -0.1) is 0 Å². The number of fused-ring (bicyclic) bond motifs is 1. The number of nitrogens with one attached hydrogen (secondary N) is 1. The molecule has 0 amide bonds. The smallest absolute Gasteiger partial charge is 0.210 e. The Hall–Kier alpha value is -3.49. The molecule has 0 unspecified atom stereocenters. The summed E-state index contributed by atoms with van der Waals surface area (Å²) in [7, 11) is -0.475. The van der Waals surface area contributed by atoms with Gasteiger partial charge in [-0.2, -0.15) is 0 Å². The van der Waals surface area contributed by atoms with Crippen LogP contribution in [-0.2, 0) is 22.7 Å². The molecule has 0 bridgehead atoms. The lowest BCUT2D eigenvalue weighted by molar-refractivity contribution is 0.308.